The zero-order valence-corrected chi connectivity index (χ0v) is 23.5. The van der Waals surface area contributed by atoms with Gasteiger partial charge in [-0.05, 0) is 93.0 Å². The van der Waals surface area contributed by atoms with E-state index in [1.807, 2.05) is 6.07 Å². The van der Waals surface area contributed by atoms with E-state index in [4.69, 9.17) is 11.6 Å². The molecule has 0 bridgehead atoms. The molecule has 1 fully saturated rings. The molecule has 1 saturated carbocycles. The van der Waals surface area contributed by atoms with Crippen LogP contribution in [-0.4, -0.2) is 24.3 Å². The molecule has 0 N–H and O–H groups in total. The van der Waals surface area contributed by atoms with Crippen molar-refractivity contribution >= 4 is 11.6 Å². The summed E-state index contributed by atoms with van der Waals surface area (Å²) in [5.74, 6) is -2.07. The molecule has 0 unspecified atom stereocenters. The SMILES string of the molecule is Cc1cc(C)n(-c2cccc(-c3ncc(C)c(-n4c(C)cc([C@H]5C[C@@H]5c5cncc(F)c5)c(Cl)c4=O)c3F)c2F)n1. The fraction of sp³-hybridized carbons (Fsp3) is 0.226. The lowest BCUT2D eigenvalue weighted by Gasteiger charge is -2.18. The Kier molecular flexibility index (Phi) is 6.57. The summed E-state index contributed by atoms with van der Waals surface area (Å²) in [4.78, 5) is 21.8. The Bertz CT molecular complexity index is 1920. The van der Waals surface area contributed by atoms with Crippen LogP contribution in [0, 0.1) is 45.1 Å². The molecule has 1 aliphatic rings. The number of pyridine rings is 3. The van der Waals surface area contributed by atoms with Crippen LogP contribution in [0.2, 0.25) is 5.02 Å². The van der Waals surface area contributed by atoms with Gasteiger partial charge in [0.1, 0.15) is 22.2 Å². The minimum absolute atomic E-state index is 0.0196. The van der Waals surface area contributed by atoms with Gasteiger partial charge in [0.2, 0.25) is 0 Å². The Morgan fingerprint density at radius 1 is 0.927 bits per heavy atom. The van der Waals surface area contributed by atoms with Gasteiger partial charge in [0.25, 0.3) is 5.56 Å². The maximum atomic E-state index is 16.3. The van der Waals surface area contributed by atoms with Crippen molar-refractivity contribution in [3.63, 3.8) is 0 Å². The fourth-order valence-corrected chi connectivity index (χ4v) is 5.87. The standard InChI is InChI=1S/C31H25ClF3N5O/c1-15-12-37-29(21-6-5-7-25(27(21)34)40-18(4)8-16(2)38-40)28(35)30(15)39-17(3)9-24(26(32)31(39)41)23-11-22(23)19-10-20(33)14-36-13-19/h5-10,12-14,22-23H,11H2,1-4H3/t22-,23+/m1/s1. The first-order valence-electron chi connectivity index (χ1n) is 13.1. The molecule has 41 heavy (non-hydrogen) atoms. The van der Waals surface area contributed by atoms with Crippen LogP contribution in [0.4, 0.5) is 13.2 Å². The maximum absolute atomic E-state index is 16.3. The lowest BCUT2D eigenvalue weighted by atomic mass is 10.0. The zero-order chi connectivity index (χ0) is 29.2. The van der Waals surface area contributed by atoms with Crippen molar-refractivity contribution in [2.45, 2.75) is 46.0 Å². The molecule has 208 valence electrons. The van der Waals surface area contributed by atoms with Crippen molar-refractivity contribution in [1.29, 1.82) is 0 Å². The molecule has 1 aromatic carbocycles. The van der Waals surface area contributed by atoms with Gasteiger partial charge in [0.05, 0.1) is 17.6 Å². The van der Waals surface area contributed by atoms with Gasteiger partial charge in [0, 0.05) is 29.3 Å². The van der Waals surface area contributed by atoms with Crippen LogP contribution in [0.1, 0.15) is 52.0 Å². The van der Waals surface area contributed by atoms with Crippen molar-refractivity contribution in [3.05, 3.63) is 122 Å². The molecule has 0 amide bonds. The van der Waals surface area contributed by atoms with Crippen molar-refractivity contribution in [3.8, 4) is 22.6 Å². The molecular formula is C31H25ClF3N5O. The smallest absolute Gasteiger partial charge is 0.274 e. The molecule has 4 heterocycles. The van der Waals surface area contributed by atoms with Crippen LogP contribution in [0.15, 0.2) is 59.8 Å². The number of benzene rings is 1. The van der Waals surface area contributed by atoms with Crippen molar-refractivity contribution < 1.29 is 13.2 Å². The molecule has 0 aliphatic heterocycles. The van der Waals surface area contributed by atoms with E-state index in [0.29, 0.717) is 23.2 Å². The third-order valence-corrected chi connectivity index (χ3v) is 7.96. The van der Waals surface area contributed by atoms with E-state index in [9.17, 15) is 9.18 Å². The quantitative estimate of drug-likeness (QED) is 0.225. The first-order chi connectivity index (χ1) is 19.6. The normalized spacial score (nSPS) is 16.3. The van der Waals surface area contributed by atoms with Crippen LogP contribution >= 0.6 is 11.6 Å². The number of halogens is 4. The van der Waals surface area contributed by atoms with Crippen LogP contribution in [0.5, 0.6) is 0 Å². The Labute approximate surface area is 239 Å². The van der Waals surface area contributed by atoms with E-state index in [1.165, 1.54) is 27.6 Å². The first kappa shape index (κ1) is 27.0. The van der Waals surface area contributed by atoms with Crippen molar-refractivity contribution in [2.75, 3.05) is 0 Å². The van der Waals surface area contributed by atoms with E-state index in [2.05, 4.69) is 15.1 Å². The largest absolute Gasteiger partial charge is 0.277 e. The lowest BCUT2D eigenvalue weighted by molar-refractivity contribution is 0.595. The predicted octanol–water partition coefficient (Wildman–Crippen LogP) is 7.06. The van der Waals surface area contributed by atoms with Gasteiger partial charge in [-0.3, -0.25) is 19.3 Å². The summed E-state index contributed by atoms with van der Waals surface area (Å²) in [6.07, 6.45) is 4.84. The minimum Gasteiger partial charge on any atom is -0.277 e. The van der Waals surface area contributed by atoms with E-state index in [0.717, 1.165) is 23.1 Å². The lowest BCUT2D eigenvalue weighted by Crippen LogP contribution is -2.24. The molecule has 1 aliphatic carbocycles. The van der Waals surface area contributed by atoms with Gasteiger partial charge in [-0.25, -0.2) is 17.9 Å². The Hall–Kier alpha value is -4.24. The van der Waals surface area contributed by atoms with E-state index < -0.39 is 23.0 Å². The van der Waals surface area contributed by atoms with E-state index in [-0.39, 0.29) is 39.5 Å². The highest BCUT2D eigenvalue weighted by molar-refractivity contribution is 6.31. The average molecular weight is 576 g/mol. The molecule has 4 aromatic heterocycles. The summed E-state index contributed by atoms with van der Waals surface area (Å²) in [5, 5.41) is 4.31. The molecule has 5 aromatic rings. The Balaban J connectivity index is 1.44. The average Bonchev–Trinajstić information content (AvgIpc) is 3.65. The van der Waals surface area contributed by atoms with Crippen LogP contribution in [0.3, 0.4) is 0 Å². The minimum atomic E-state index is -0.849. The summed E-state index contributed by atoms with van der Waals surface area (Å²) in [7, 11) is 0. The molecule has 2 atom stereocenters. The third-order valence-electron chi connectivity index (χ3n) is 7.58. The van der Waals surface area contributed by atoms with Gasteiger partial charge in [-0.1, -0.05) is 17.7 Å². The summed E-state index contributed by atoms with van der Waals surface area (Å²) >= 11 is 6.60. The Morgan fingerprint density at radius 2 is 1.71 bits per heavy atom. The van der Waals surface area contributed by atoms with Gasteiger partial charge in [0.15, 0.2) is 11.6 Å². The number of aryl methyl sites for hydroxylation is 4. The second-order valence-electron chi connectivity index (χ2n) is 10.5. The second-order valence-corrected chi connectivity index (χ2v) is 10.9. The van der Waals surface area contributed by atoms with Crippen LogP contribution in [-0.2, 0) is 0 Å². The van der Waals surface area contributed by atoms with Gasteiger partial charge in [-0.2, -0.15) is 5.10 Å². The van der Waals surface area contributed by atoms with Gasteiger partial charge >= 0.3 is 0 Å². The summed E-state index contributed by atoms with van der Waals surface area (Å²) in [5.41, 5.74) is 2.84. The summed E-state index contributed by atoms with van der Waals surface area (Å²) in [6, 6.07) is 9.60. The van der Waals surface area contributed by atoms with E-state index in [1.54, 1.807) is 52.1 Å². The molecule has 6 nitrogen and oxygen atoms in total. The number of hydrogen-bond acceptors (Lipinski definition) is 4. The fourth-order valence-electron chi connectivity index (χ4n) is 5.59. The Morgan fingerprint density at radius 3 is 2.41 bits per heavy atom. The molecule has 10 heteroatoms. The van der Waals surface area contributed by atoms with Gasteiger partial charge in [-0.15, -0.1) is 0 Å². The van der Waals surface area contributed by atoms with Crippen LogP contribution < -0.4 is 5.56 Å². The number of rotatable bonds is 5. The third kappa shape index (κ3) is 4.54. The monoisotopic (exact) mass is 575 g/mol. The maximum Gasteiger partial charge on any atom is 0.274 e. The molecule has 6 rings (SSSR count). The molecule has 0 saturated heterocycles. The first-order valence-corrected chi connectivity index (χ1v) is 13.4. The molecular weight excluding hydrogens is 551 g/mol. The summed E-state index contributed by atoms with van der Waals surface area (Å²) < 4.78 is 48.5. The molecule has 0 radical (unpaired) electrons. The number of nitrogens with zero attached hydrogens (tertiary/aromatic N) is 5. The predicted molar refractivity (Wildman–Crippen MR) is 151 cm³/mol. The van der Waals surface area contributed by atoms with Crippen molar-refractivity contribution in [1.82, 2.24) is 24.3 Å². The van der Waals surface area contributed by atoms with Gasteiger partial charge < -0.3 is 0 Å². The highest BCUT2D eigenvalue weighted by Gasteiger charge is 2.42. The second kappa shape index (κ2) is 9.99. The number of hydrogen-bond donors (Lipinski definition) is 0. The summed E-state index contributed by atoms with van der Waals surface area (Å²) in [6.45, 7) is 6.92. The highest BCUT2D eigenvalue weighted by atomic mass is 35.5. The van der Waals surface area contributed by atoms with E-state index >= 15 is 8.78 Å². The van der Waals surface area contributed by atoms with Crippen LogP contribution in [0.25, 0.3) is 22.6 Å². The highest BCUT2D eigenvalue weighted by Crippen LogP contribution is 2.55. The van der Waals surface area contributed by atoms with Crippen molar-refractivity contribution in [2.24, 2.45) is 0 Å². The zero-order valence-electron chi connectivity index (χ0n) is 22.7. The number of aromatic nitrogens is 5. The topological polar surface area (TPSA) is 65.6 Å². The molecule has 0 spiro atoms.